The maximum atomic E-state index is 13.3. The van der Waals surface area contributed by atoms with Crippen LogP contribution >= 0.6 is 0 Å². The van der Waals surface area contributed by atoms with Crippen LogP contribution in [0.2, 0.25) is 0 Å². The maximum Gasteiger partial charge on any atom is 0.409 e. The number of ether oxygens (including phenoxy) is 1. The zero-order chi connectivity index (χ0) is 20.1. The van der Waals surface area contributed by atoms with Crippen molar-refractivity contribution >= 4 is 23.5 Å². The summed E-state index contributed by atoms with van der Waals surface area (Å²) in [5, 5.41) is 2.85. The zero-order valence-electron chi connectivity index (χ0n) is 15.3. The summed E-state index contributed by atoms with van der Waals surface area (Å²) in [5.41, 5.74) is 0.751. The van der Waals surface area contributed by atoms with Crippen molar-refractivity contribution in [2.75, 3.05) is 38.1 Å². The average molecular weight is 390 g/mol. The first-order chi connectivity index (χ1) is 13.5. The number of rotatable bonds is 4. The Morgan fingerprint density at radius 2 is 1.79 bits per heavy atom. The second-order valence-electron chi connectivity index (χ2n) is 6.16. The summed E-state index contributed by atoms with van der Waals surface area (Å²) < 4.78 is 31.2. The average Bonchev–Trinajstić information content (AvgIpc) is 2.71. The lowest BCUT2D eigenvalue weighted by Crippen LogP contribution is -2.50. The van der Waals surface area contributed by atoms with Gasteiger partial charge >= 0.3 is 6.09 Å². The number of hydrogen-bond donors (Lipinski definition) is 1. The Balaban J connectivity index is 1.58. The standard InChI is InChI=1S/C19H20F2N4O3/c1-2-28-19(27)25-9-7-24(8-10-25)18(26)13-3-6-17(22-12-13)23-14-4-5-15(20)16(21)11-14/h3-6,11-12H,2,7-10H2,1H3,(H,22,23). The molecule has 1 aliphatic rings. The fraction of sp³-hybridized carbons (Fsp3) is 0.316. The minimum Gasteiger partial charge on any atom is -0.450 e. The molecular weight excluding hydrogens is 370 g/mol. The fourth-order valence-electron chi connectivity index (χ4n) is 2.81. The summed E-state index contributed by atoms with van der Waals surface area (Å²) >= 11 is 0. The molecule has 7 nitrogen and oxygen atoms in total. The summed E-state index contributed by atoms with van der Waals surface area (Å²) in [6.07, 6.45) is 1.05. The van der Waals surface area contributed by atoms with Crippen molar-refractivity contribution < 1.29 is 23.1 Å². The van der Waals surface area contributed by atoms with E-state index in [1.54, 1.807) is 28.9 Å². The van der Waals surface area contributed by atoms with Gasteiger partial charge in [0.2, 0.25) is 0 Å². The number of halogens is 2. The highest BCUT2D eigenvalue weighted by Gasteiger charge is 2.25. The lowest BCUT2D eigenvalue weighted by Gasteiger charge is -2.34. The van der Waals surface area contributed by atoms with Crippen LogP contribution in [0.25, 0.3) is 0 Å². The molecule has 1 aliphatic heterocycles. The largest absolute Gasteiger partial charge is 0.450 e. The summed E-state index contributed by atoms with van der Waals surface area (Å²) in [7, 11) is 0. The van der Waals surface area contributed by atoms with Crippen LogP contribution in [0.15, 0.2) is 36.5 Å². The molecular formula is C19H20F2N4O3. The molecule has 1 aromatic heterocycles. The maximum absolute atomic E-state index is 13.3. The lowest BCUT2D eigenvalue weighted by atomic mass is 10.2. The van der Waals surface area contributed by atoms with Crippen molar-refractivity contribution in [2.24, 2.45) is 0 Å². The van der Waals surface area contributed by atoms with Crippen molar-refractivity contribution in [2.45, 2.75) is 6.92 Å². The molecule has 2 heterocycles. The molecule has 2 amide bonds. The van der Waals surface area contributed by atoms with Gasteiger partial charge in [-0.3, -0.25) is 4.79 Å². The summed E-state index contributed by atoms with van der Waals surface area (Å²) in [5.74, 6) is -1.67. The normalized spacial score (nSPS) is 14.0. The van der Waals surface area contributed by atoms with E-state index in [9.17, 15) is 18.4 Å². The van der Waals surface area contributed by atoms with Crippen molar-refractivity contribution in [1.82, 2.24) is 14.8 Å². The van der Waals surface area contributed by atoms with Crippen LogP contribution in [0.5, 0.6) is 0 Å². The van der Waals surface area contributed by atoms with Crippen molar-refractivity contribution in [3.8, 4) is 0 Å². The Labute approximate surface area is 160 Å². The number of anilines is 2. The van der Waals surface area contributed by atoms with E-state index in [1.165, 1.54) is 12.3 Å². The molecule has 28 heavy (non-hydrogen) atoms. The third-order valence-corrected chi connectivity index (χ3v) is 4.30. The van der Waals surface area contributed by atoms with Crippen LogP contribution in [-0.2, 0) is 4.74 Å². The van der Waals surface area contributed by atoms with E-state index in [2.05, 4.69) is 10.3 Å². The van der Waals surface area contributed by atoms with Crippen molar-refractivity contribution in [3.63, 3.8) is 0 Å². The second-order valence-corrected chi connectivity index (χ2v) is 6.16. The third-order valence-electron chi connectivity index (χ3n) is 4.30. The van der Waals surface area contributed by atoms with Gasteiger partial charge in [0.05, 0.1) is 12.2 Å². The fourth-order valence-corrected chi connectivity index (χ4v) is 2.81. The summed E-state index contributed by atoms with van der Waals surface area (Å²) in [6.45, 7) is 3.70. The second kappa shape index (κ2) is 8.64. The van der Waals surface area contributed by atoms with Gasteiger partial charge in [-0.2, -0.15) is 0 Å². The minimum absolute atomic E-state index is 0.185. The van der Waals surface area contributed by atoms with E-state index < -0.39 is 11.6 Å². The smallest absolute Gasteiger partial charge is 0.409 e. The molecule has 1 aromatic carbocycles. The molecule has 1 fully saturated rings. The van der Waals surface area contributed by atoms with E-state index in [1.807, 2.05) is 0 Å². The molecule has 1 saturated heterocycles. The zero-order valence-corrected chi connectivity index (χ0v) is 15.3. The van der Waals surface area contributed by atoms with Crippen LogP contribution in [0, 0.1) is 11.6 Å². The molecule has 3 rings (SSSR count). The number of carbonyl (C=O) groups excluding carboxylic acids is 2. The minimum atomic E-state index is -0.959. The van der Waals surface area contributed by atoms with E-state index in [-0.39, 0.29) is 12.0 Å². The molecule has 9 heteroatoms. The van der Waals surface area contributed by atoms with Gasteiger partial charge in [-0.1, -0.05) is 0 Å². The number of benzene rings is 1. The van der Waals surface area contributed by atoms with Crippen LogP contribution in [0.1, 0.15) is 17.3 Å². The third kappa shape index (κ3) is 4.54. The van der Waals surface area contributed by atoms with Crippen molar-refractivity contribution in [3.05, 3.63) is 53.7 Å². The van der Waals surface area contributed by atoms with Crippen LogP contribution in [0.3, 0.4) is 0 Å². The van der Waals surface area contributed by atoms with Gasteiger partial charge in [0, 0.05) is 44.1 Å². The molecule has 2 aromatic rings. The van der Waals surface area contributed by atoms with Gasteiger partial charge in [0.1, 0.15) is 5.82 Å². The monoisotopic (exact) mass is 390 g/mol. The Bertz CT molecular complexity index is 853. The predicted octanol–water partition coefficient (Wildman–Crippen LogP) is 3.02. The highest BCUT2D eigenvalue weighted by atomic mass is 19.2. The molecule has 0 spiro atoms. The number of amides is 2. The van der Waals surface area contributed by atoms with Gasteiger partial charge in [0.25, 0.3) is 5.91 Å². The number of nitrogens with zero attached hydrogens (tertiary/aromatic N) is 3. The first-order valence-electron chi connectivity index (χ1n) is 8.87. The highest BCUT2D eigenvalue weighted by Crippen LogP contribution is 2.18. The molecule has 0 bridgehead atoms. The molecule has 0 unspecified atom stereocenters. The Kier molecular flexibility index (Phi) is 6.03. The highest BCUT2D eigenvalue weighted by molar-refractivity contribution is 5.94. The van der Waals surface area contributed by atoms with Crippen LogP contribution in [0.4, 0.5) is 25.1 Å². The summed E-state index contributed by atoms with van der Waals surface area (Å²) in [6, 6.07) is 6.63. The first kappa shape index (κ1) is 19.5. The van der Waals surface area contributed by atoms with Crippen LogP contribution in [-0.4, -0.2) is 59.6 Å². The quantitative estimate of drug-likeness (QED) is 0.869. The van der Waals surface area contributed by atoms with Gasteiger partial charge in [-0.15, -0.1) is 0 Å². The number of piperazine rings is 1. The van der Waals surface area contributed by atoms with E-state index in [4.69, 9.17) is 4.74 Å². The number of aromatic nitrogens is 1. The Morgan fingerprint density at radius 3 is 2.39 bits per heavy atom. The number of pyridine rings is 1. The molecule has 0 radical (unpaired) electrons. The molecule has 148 valence electrons. The topological polar surface area (TPSA) is 74.8 Å². The van der Waals surface area contributed by atoms with Gasteiger partial charge in [0.15, 0.2) is 11.6 Å². The molecule has 0 aliphatic carbocycles. The lowest BCUT2D eigenvalue weighted by molar-refractivity contribution is 0.0570. The van der Waals surface area contributed by atoms with Gasteiger partial charge in [-0.05, 0) is 31.2 Å². The molecule has 1 N–H and O–H groups in total. The Morgan fingerprint density at radius 1 is 1.07 bits per heavy atom. The Hall–Kier alpha value is -3.23. The van der Waals surface area contributed by atoms with Gasteiger partial charge < -0.3 is 19.9 Å². The predicted molar refractivity (Wildman–Crippen MR) is 98.4 cm³/mol. The van der Waals surface area contributed by atoms with E-state index >= 15 is 0 Å². The van der Waals surface area contributed by atoms with E-state index in [0.717, 1.165) is 12.1 Å². The first-order valence-corrected chi connectivity index (χ1v) is 8.87. The number of nitrogens with one attached hydrogen (secondary N) is 1. The molecule has 0 atom stereocenters. The van der Waals surface area contributed by atoms with Gasteiger partial charge in [-0.25, -0.2) is 18.6 Å². The SMILES string of the molecule is CCOC(=O)N1CCN(C(=O)c2ccc(Nc3ccc(F)c(F)c3)nc2)CC1. The number of hydrogen-bond acceptors (Lipinski definition) is 5. The van der Waals surface area contributed by atoms with E-state index in [0.29, 0.717) is 49.9 Å². The molecule has 0 saturated carbocycles. The van der Waals surface area contributed by atoms with Crippen molar-refractivity contribution in [1.29, 1.82) is 0 Å². The number of carbonyl (C=O) groups is 2. The summed E-state index contributed by atoms with van der Waals surface area (Å²) in [4.78, 5) is 31.7. The van der Waals surface area contributed by atoms with Crippen LogP contribution < -0.4 is 5.32 Å².